The monoisotopic (exact) mass is 1120 g/mol. The number of amides is 5. The minimum Gasteiger partial charge on any atom is -1.00 e. The second-order valence-corrected chi connectivity index (χ2v) is 22.0. The van der Waals surface area contributed by atoms with Gasteiger partial charge in [0.15, 0.2) is 0 Å². The molecule has 0 saturated carbocycles. The Hall–Kier alpha value is -5.54. The average Bonchev–Trinajstić information content (AvgIpc) is 3.39. The summed E-state index contributed by atoms with van der Waals surface area (Å²) in [5, 5.41) is 19.6. The van der Waals surface area contributed by atoms with Gasteiger partial charge in [-0.05, 0) is 75.0 Å². The molecule has 0 spiro atoms. The molecule has 0 aliphatic heterocycles. The van der Waals surface area contributed by atoms with Crippen molar-refractivity contribution in [1.82, 2.24) is 31.9 Å². The molecule has 3 aromatic carbocycles. The number of benzene rings is 3. The molecule has 0 fully saturated rings. The van der Waals surface area contributed by atoms with Crippen molar-refractivity contribution in [2.75, 3.05) is 65.7 Å². The van der Waals surface area contributed by atoms with Gasteiger partial charge in [-0.2, -0.15) is 0 Å². The van der Waals surface area contributed by atoms with Crippen molar-refractivity contribution in [2.45, 2.75) is 76.0 Å². The van der Waals surface area contributed by atoms with E-state index in [2.05, 4.69) is 114 Å². The van der Waals surface area contributed by atoms with Gasteiger partial charge in [0, 0.05) is 31.3 Å². The first-order valence-electron chi connectivity index (χ1n) is 22.9. The summed E-state index contributed by atoms with van der Waals surface area (Å²) in [5.74, 6) is -5.41. The molecule has 4 unspecified atom stereocenters. The zero-order valence-corrected chi connectivity index (χ0v) is 45.2. The molecule has 6 N–H and O–H groups in total. The summed E-state index contributed by atoms with van der Waals surface area (Å²) in [7, 11) is 4.92. The van der Waals surface area contributed by atoms with Gasteiger partial charge in [-0.15, -0.1) is 0 Å². The lowest BCUT2D eigenvalue weighted by molar-refractivity contribution is -0.145. The third-order valence-corrected chi connectivity index (χ3v) is 17.9. The molecule has 0 aliphatic carbocycles. The van der Waals surface area contributed by atoms with Crippen molar-refractivity contribution in [3.8, 4) is 0 Å². The van der Waals surface area contributed by atoms with Crippen LogP contribution in [0.1, 0.15) is 51.9 Å². The Morgan fingerprint density at radius 3 is 1.40 bits per heavy atom. The minimum atomic E-state index is -2.08. The summed E-state index contributed by atoms with van der Waals surface area (Å²) in [6, 6.07) is 27.3. The zero-order chi connectivity index (χ0) is 52.0. The molecule has 72 heavy (non-hydrogen) atoms. The lowest BCUT2D eigenvalue weighted by atomic mass is 10.1. The first-order valence-corrected chi connectivity index (χ1v) is 27.4. The van der Waals surface area contributed by atoms with Crippen LogP contribution >= 0.6 is 28.9 Å². The van der Waals surface area contributed by atoms with Crippen LogP contribution in [0.2, 0.25) is 0 Å². The molecule has 3 aromatic rings. The predicted molar refractivity (Wildman–Crippen MR) is 275 cm³/mol. The fraction of sp³-hybridized carbons (Fsp3) is 0.449. The summed E-state index contributed by atoms with van der Waals surface area (Å²) in [4.78, 5) is 113. The molecule has 0 bridgehead atoms. The van der Waals surface area contributed by atoms with E-state index in [9.17, 15) is 43.2 Å². The van der Waals surface area contributed by atoms with Crippen molar-refractivity contribution in [3.63, 3.8) is 0 Å². The van der Waals surface area contributed by atoms with E-state index in [1.807, 2.05) is 18.2 Å². The van der Waals surface area contributed by atoms with Crippen LogP contribution in [0, 0.1) is 0 Å². The van der Waals surface area contributed by atoms with Crippen molar-refractivity contribution < 1.29 is 79.1 Å². The van der Waals surface area contributed by atoms with Crippen LogP contribution in [-0.2, 0) is 62.1 Å². The van der Waals surface area contributed by atoms with E-state index >= 15 is 0 Å². The van der Waals surface area contributed by atoms with Crippen molar-refractivity contribution in [3.05, 3.63) is 91.0 Å². The number of ether oxygens (including phenoxy) is 4. The van der Waals surface area contributed by atoms with Crippen LogP contribution in [-0.4, -0.2) is 143 Å². The van der Waals surface area contributed by atoms with Crippen molar-refractivity contribution in [2.24, 2.45) is 0 Å². The molecule has 5 amide bonds. The van der Waals surface area contributed by atoms with Crippen molar-refractivity contribution in [1.29, 1.82) is 0 Å². The number of esters is 4. The third-order valence-electron chi connectivity index (χ3n) is 10.9. The molecule has 0 radical (unpaired) electrons. The molecule has 0 aromatic heterocycles. The summed E-state index contributed by atoms with van der Waals surface area (Å²) in [6.07, 6.45) is 2.46. The summed E-state index contributed by atoms with van der Waals surface area (Å²) < 4.78 is 19.0. The summed E-state index contributed by atoms with van der Waals surface area (Å²) >= 11 is 0. The number of nitrogens with one attached hydrogen (secondary N) is 6. The van der Waals surface area contributed by atoms with Crippen LogP contribution in [0.15, 0.2) is 91.0 Å². The molecular weight excluding hydrogens is 1060 g/mol. The maximum Gasteiger partial charge on any atom is 0.328 e. The number of hydrogen-bond donors (Lipinski definition) is 6. The van der Waals surface area contributed by atoms with E-state index in [-0.39, 0.29) is 66.6 Å². The number of carbonyl (C=O) groups excluding carboxylic acids is 9. The van der Waals surface area contributed by atoms with Gasteiger partial charge in [-0.3, -0.25) is 33.6 Å². The smallest absolute Gasteiger partial charge is 0.328 e. The van der Waals surface area contributed by atoms with E-state index in [0.29, 0.717) is 12.8 Å². The molecular formula is C49H66BrN6O13PS2. The topological polar surface area (TPSA) is 263 Å². The fourth-order valence-corrected chi connectivity index (χ4v) is 14.1. The Morgan fingerprint density at radius 2 is 0.944 bits per heavy atom. The number of unbranched alkanes of at least 4 members (excludes halogenated alkanes) is 1. The lowest BCUT2D eigenvalue weighted by Gasteiger charge is -2.27. The van der Waals surface area contributed by atoms with Gasteiger partial charge in [0.05, 0.1) is 40.6 Å². The Morgan fingerprint density at radius 1 is 0.514 bits per heavy atom. The van der Waals surface area contributed by atoms with E-state index in [0.717, 1.165) is 37.6 Å². The van der Waals surface area contributed by atoms with Gasteiger partial charge in [0.25, 0.3) is 0 Å². The SMILES string of the molecule is COC(=O)CNC(=O)C(CSSCC(NC(=O)CCC(NC(C)=O)C(=O)OC)C(=O)NCC(=O)OC)NCCCC(NC(=O)CCCC[P+](c1ccccc1)(c1ccccc1)c1ccccc1)C(=O)OC.[Br-]. The van der Waals surface area contributed by atoms with Gasteiger partial charge in [-0.1, -0.05) is 76.2 Å². The number of methoxy groups -OCH3 is 4. The first kappa shape index (κ1) is 62.6. The van der Waals surface area contributed by atoms with Crippen LogP contribution in [0.5, 0.6) is 0 Å². The van der Waals surface area contributed by atoms with Crippen LogP contribution < -0.4 is 64.8 Å². The average molecular weight is 1120 g/mol. The highest BCUT2D eigenvalue weighted by Gasteiger charge is 2.44. The molecule has 3 rings (SSSR count). The normalized spacial score (nSPS) is 12.5. The molecule has 0 aliphatic rings. The zero-order valence-electron chi connectivity index (χ0n) is 41.1. The highest BCUT2D eigenvalue weighted by Crippen LogP contribution is 2.56. The van der Waals surface area contributed by atoms with Gasteiger partial charge < -0.3 is 67.8 Å². The van der Waals surface area contributed by atoms with Gasteiger partial charge >= 0.3 is 23.9 Å². The summed E-state index contributed by atoms with van der Waals surface area (Å²) in [6.45, 7) is 0.537. The van der Waals surface area contributed by atoms with Crippen molar-refractivity contribution >= 4 is 98.2 Å². The van der Waals surface area contributed by atoms with E-state index in [4.69, 9.17) is 9.47 Å². The molecule has 0 saturated heterocycles. The summed E-state index contributed by atoms with van der Waals surface area (Å²) in [5.41, 5.74) is 0. The van der Waals surface area contributed by atoms with Gasteiger partial charge in [-0.25, -0.2) is 9.59 Å². The second kappa shape index (κ2) is 34.8. The molecule has 0 heterocycles. The van der Waals surface area contributed by atoms with Crippen LogP contribution in [0.4, 0.5) is 0 Å². The first-order chi connectivity index (χ1) is 34.2. The van der Waals surface area contributed by atoms with Gasteiger partial charge in [0.2, 0.25) is 29.5 Å². The Bertz CT molecular complexity index is 2110. The van der Waals surface area contributed by atoms with E-state index in [1.165, 1.54) is 47.9 Å². The third kappa shape index (κ3) is 21.7. The standard InChI is InChI=1S/C49H65N6O13PS2.BrH/c1-34(56)53-39(49(64)68-5)26-27-43(58)55-41(47(62)52-31-45(60)66-3)33-71-70-32-40(46(61)51-30-44(59)65-2)50-28-17-24-38(48(63)67-4)54-42(57)25-15-16-29-69(35-18-9-6-10-19-35,36-20-11-7-12-21-36)37-22-13-8-14-23-37;/h6-14,18-23,38-41,50H,15-17,24-33H2,1-5H3,(H4-,51,52,53,54,55,56,57,58,61,62);1H. The Kier molecular flexibility index (Phi) is 30.2. The Labute approximate surface area is 439 Å². The van der Waals surface area contributed by atoms with Crippen LogP contribution in [0.25, 0.3) is 0 Å². The maximum atomic E-state index is 13.4. The Balaban J connectivity index is 0.0000178. The lowest BCUT2D eigenvalue weighted by Crippen LogP contribution is -3.00. The maximum absolute atomic E-state index is 13.4. The quantitative estimate of drug-likeness (QED) is 0.0136. The van der Waals surface area contributed by atoms with Crippen LogP contribution in [0.3, 0.4) is 0 Å². The largest absolute Gasteiger partial charge is 1.00 e. The number of halogens is 1. The number of hydrogen-bond acceptors (Lipinski definition) is 16. The second-order valence-electron chi connectivity index (χ2n) is 15.9. The minimum absolute atomic E-state index is 0. The fourth-order valence-electron chi connectivity index (χ4n) is 7.29. The number of rotatable bonds is 32. The predicted octanol–water partition coefficient (Wildman–Crippen LogP) is -1.55. The highest BCUT2D eigenvalue weighted by atomic mass is 79.9. The molecule has 23 heteroatoms. The van der Waals surface area contributed by atoms with E-state index < -0.39 is 92.0 Å². The molecule has 394 valence electrons. The van der Waals surface area contributed by atoms with Gasteiger partial charge in [0.1, 0.15) is 54.4 Å². The molecule has 19 nitrogen and oxygen atoms in total. The van der Waals surface area contributed by atoms with E-state index in [1.54, 1.807) is 0 Å². The highest BCUT2D eigenvalue weighted by molar-refractivity contribution is 8.76. The number of carbonyl (C=O) groups is 9. The molecule has 4 atom stereocenters.